The Hall–Kier alpha value is -3.65. The number of anilines is 1. The summed E-state index contributed by atoms with van der Waals surface area (Å²) in [5.74, 6) is 0.829. The third-order valence-corrected chi connectivity index (χ3v) is 4.86. The second-order valence-electron chi connectivity index (χ2n) is 6.92. The van der Waals surface area contributed by atoms with Crippen LogP contribution in [0.5, 0.6) is 0 Å². The maximum atomic E-state index is 11.7. The van der Waals surface area contributed by atoms with Crippen LogP contribution in [-0.4, -0.2) is 51.4 Å². The third-order valence-electron chi connectivity index (χ3n) is 4.86. The number of aromatic nitrogens is 3. The molecule has 0 bridgehead atoms. The van der Waals surface area contributed by atoms with Crippen molar-refractivity contribution >= 4 is 17.2 Å². The number of H-pyrrole nitrogens is 1. The third kappa shape index (κ3) is 4.18. The quantitative estimate of drug-likeness (QED) is 0.504. The van der Waals surface area contributed by atoms with Gasteiger partial charge in [0, 0.05) is 55.2 Å². The number of aliphatic imine (C=N–C) groups is 1. The Morgan fingerprint density at radius 1 is 1.33 bits per heavy atom. The van der Waals surface area contributed by atoms with E-state index in [2.05, 4.69) is 31.8 Å². The van der Waals surface area contributed by atoms with Gasteiger partial charge in [-0.3, -0.25) is 9.20 Å². The molecule has 1 saturated heterocycles. The smallest absolute Gasteiger partial charge is 0.248 e. The van der Waals surface area contributed by atoms with Crippen molar-refractivity contribution in [1.29, 1.82) is 0 Å². The standard InChI is InChI=1S/C22H24N6O2/c1-3-20(27-10-12-30-13-11-27)25-15-16(2)26-18-4-5-19(28-9-8-24-22(18)28)17-6-7-23-21(29)14-17/h3-9,14-15,26H,1,10-13H2,2H3,(H,23,29)/b16-15+,25-20?. The van der Waals surface area contributed by atoms with Crippen LogP contribution in [0.2, 0.25) is 0 Å². The zero-order valence-corrected chi connectivity index (χ0v) is 16.8. The number of allylic oxidation sites excluding steroid dienone is 1. The van der Waals surface area contributed by atoms with E-state index in [1.165, 1.54) is 0 Å². The highest BCUT2D eigenvalue weighted by molar-refractivity contribution is 5.93. The highest BCUT2D eigenvalue weighted by atomic mass is 16.5. The average Bonchev–Trinajstić information content (AvgIpc) is 3.25. The maximum absolute atomic E-state index is 11.7. The molecule has 0 unspecified atom stereocenters. The van der Waals surface area contributed by atoms with Crippen LogP contribution >= 0.6 is 0 Å². The van der Waals surface area contributed by atoms with Gasteiger partial charge in [-0.25, -0.2) is 9.98 Å². The van der Waals surface area contributed by atoms with E-state index in [0.29, 0.717) is 13.2 Å². The molecule has 2 N–H and O–H groups in total. The minimum absolute atomic E-state index is 0.141. The Kier molecular flexibility index (Phi) is 5.76. The van der Waals surface area contributed by atoms with Gasteiger partial charge in [0.15, 0.2) is 5.65 Å². The summed E-state index contributed by atoms with van der Waals surface area (Å²) in [5, 5.41) is 3.37. The zero-order valence-electron chi connectivity index (χ0n) is 16.8. The van der Waals surface area contributed by atoms with Crippen LogP contribution in [0, 0.1) is 0 Å². The van der Waals surface area contributed by atoms with Gasteiger partial charge in [-0.15, -0.1) is 0 Å². The lowest BCUT2D eigenvalue weighted by Crippen LogP contribution is -2.39. The van der Waals surface area contributed by atoms with Crippen LogP contribution < -0.4 is 10.9 Å². The molecule has 1 aliphatic rings. The Balaban J connectivity index is 1.59. The number of aromatic amines is 1. The first-order valence-electron chi connectivity index (χ1n) is 9.77. The highest BCUT2D eigenvalue weighted by Gasteiger charge is 2.12. The molecule has 8 heteroatoms. The van der Waals surface area contributed by atoms with Crippen LogP contribution in [0.15, 0.2) is 77.2 Å². The average molecular weight is 404 g/mol. The van der Waals surface area contributed by atoms with Gasteiger partial charge in [-0.2, -0.15) is 0 Å². The van der Waals surface area contributed by atoms with Crippen LogP contribution in [0.3, 0.4) is 0 Å². The Morgan fingerprint density at radius 2 is 2.17 bits per heavy atom. The molecule has 4 rings (SSSR count). The van der Waals surface area contributed by atoms with Gasteiger partial charge in [0.1, 0.15) is 5.84 Å². The van der Waals surface area contributed by atoms with Gasteiger partial charge in [0.2, 0.25) is 5.56 Å². The molecule has 0 aliphatic carbocycles. The number of rotatable bonds is 5. The van der Waals surface area contributed by atoms with Crippen molar-refractivity contribution < 1.29 is 4.74 Å². The van der Waals surface area contributed by atoms with E-state index >= 15 is 0 Å². The highest BCUT2D eigenvalue weighted by Crippen LogP contribution is 2.25. The topological polar surface area (TPSA) is 87.0 Å². The fourth-order valence-electron chi connectivity index (χ4n) is 3.41. The lowest BCUT2D eigenvalue weighted by atomic mass is 10.1. The molecule has 0 atom stereocenters. The lowest BCUT2D eigenvalue weighted by Gasteiger charge is -2.28. The first-order chi connectivity index (χ1) is 14.7. The summed E-state index contributed by atoms with van der Waals surface area (Å²) in [4.78, 5) is 25.5. The number of imidazole rings is 1. The second-order valence-corrected chi connectivity index (χ2v) is 6.92. The molecular formula is C22H24N6O2. The number of morpholine rings is 1. The van der Waals surface area contributed by atoms with Crippen molar-refractivity contribution in [3.63, 3.8) is 0 Å². The van der Waals surface area contributed by atoms with Crippen LogP contribution in [0.1, 0.15) is 6.92 Å². The minimum Gasteiger partial charge on any atom is -0.378 e. The number of ether oxygens (including phenoxy) is 1. The molecule has 0 saturated carbocycles. The minimum atomic E-state index is -0.141. The molecule has 30 heavy (non-hydrogen) atoms. The zero-order chi connectivity index (χ0) is 20.9. The predicted octanol–water partition coefficient (Wildman–Crippen LogP) is 2.88. The maximum Gasteiger partial charge on any atom is 0.248 e. The molecule has 154 valence electrons. The van der Waals surface area contributed by atoms with Crippen LogP contribution in [0.4, 0.5) is 5.69 Å². The number of hydrogen-bond donors (Lipinski definition) is 2. The van der Waals surface area contributed by atoms with Gasteiger partial charge in [0.25, 0.3) is 0 Å². The summed E-state index contributed by atoms with van der Waals surface area (Å²) >= 11 is 0. The Labute approximate surface area is 174 Å². The van der Waals surface area contributed by atoms with Gasteiger partial charge < -0.3 is 19.9 Å². The number of amidine groups is 1. The van der Waals surface area contributed by atoms with Crippen molar-refractivity contribution in [2.45, 2.75) is 6.92 Å². The van der Waals surface area contributed by atoms with E-state index in [1.54, 1.807) is 30.7 Å². The summed E-state index contributed by atoms with van der Waals surface area (Å²) in [5.41, 5.74) is 4.06. The van der Waals surface area contributed by atoms with Crippen molar-refractivity contribution in [2.75, 3.05) is 31.6 Å². The fraction of sp³-hybridized carbons (Fsp3) is 0.227. The summed E-state index contributed by atoms with van der Waals surface area (Å²) in [6.45, 7) is 8.85. The molecule has 1 fully saturated rings. The molecule has 0 amide bonds. The Bertz CT molecular complexity index is 1170. The van der Waals surface area contributed by atoms with Crippen molar-refractivity contribution in [1.82, 2.24) is 19.3 Å². The van der Waals surface area contributed by atoms with Gasteiger partial charge in [-0.05, 0) is 31.2 Å². The summed E-state index contributed by atoms with van der Waals surface area (Å²) in [7, 11) is 0. The molecule has 3 aromatic rings. The van der Waals surface area contributed by atoms with E-state index in [0.717, 1.165) is 47.2 Å². The lowest BCUT2D eigenvalue weighted by molar-refractivity contribution is 0.0684. The van der Waals surface area contributed by atoms with Crippen molar-refractivity contribution in [3.8, 4) is 11.3 Å². The molecule has 3 aromatic heterocycles. The fourth-order valence-corrected chi connectivity index (χ4v) is 3.41. The number of pyridine rings is 2. The molecule has 4 heterocycles. The van der Waals surface area contributed by atoms with E-state index in [4.69, 9.17) is 4.74 Å². The molecular weight excluding hydrogens is 380 g/mol. The number of nitrogens with one attached hydrogen (secondary N) is 2. The molecule has 0 spiro atoms. The summed E-state index contributed by atoms with van der Waals surface area (Å²) < 4.78 is 7.35. The SMILES string of the molecule is C=CC(=N/C=C(\C)Nc1ccc(-c2cc[nH]c(=O)c2)n2ccnc12)N1CCOCC1. The van der Waals surface area contributed by atoms with E-state index in [1.807, 2.05) is 35.7 Å². The first-order valence-corrected chi connectivity index (χ1v) is 9.77. The molecule has 8 nitrogen and oxygen atoms in total. The summed E-state index contributed by atoms with van der Waals surface area (Å²) in [6, 6.07) is 7.36. The normalized spacial score (nSPS) is 15.4. The van der Waals surface area contributed by atoms with Crippen molar-refractivity contribution in [3.05, 3.63) is 77.8 Å². The van der Waals surface area contributed by atoms with Crippen molar-refractivity contribution in [2.24, 2.45) is 4.99 Å². The summed E-state index contributed by atoms with van der Waals surface area (Å²) in [6.07, 6.45) is 8.81. The largest absolute Gasteiger partial charge is 0.378 e. The monoisotopic (exact) mass is 404 g/mol. The van der Waals surface area contributed by atoms with E-state index in [9.17, 15) is 4.79 Å². The number of nitrogens with zero attached hydrogens (tertiary/aromatic N) is 4. The molecule has 0 aromatic carbocycles. The first kappa shape index (κ1) is 19.7. The molecule has 0 radical (unpaired) electrons. The van der Waals surface area contributed by atoms with Gasteiger partial charge in [-0.1, -0.05) is 6.58 Å². The second kappa shape index (κ2) is 8.79. The number of fused-ring (bicyclic) bond motifs is 1. The Morgan fingerprint density at radius 3 is 2.93 bits per heavy atom. The van der Waals surface area contributed by atoms with E-state index in [-0.39, 0.29) is 5.56 Å². The van der Waals surface area contributed by atoms with Gasteiger partial charge >= 0.3 is 0 Å². The predicted molar refractivity (Wildman–Crippen MR) is 119 cm³/mol. The van der Waals surface area contributed by atoms with E-state index < -0.39 is 0 Å². The van der Waals surface area contributed by atoms with Gasteiger partial charge in [0.05, 0.1) is 24.6 Å². The van der Waals surface area contributed by atoms with Crippen LogP contribution in [0.25, 0.3) is 16.9 Å². The molecule has 1 aliphatic heterocycles. The number of hydrogen-bond acceptors (Lipinski definition) is 5. The van der Waals surface area contributed by atoms with Crippen LogP contribution in [-0.2, 0) is 4.74 Å².